The van der Waals surface area contributed by atoms with Gasteiger partial charge in [-0.3, -0.25) is 4.79 Å². The maximum absolute atomic E-state index is 12.3. The van der Waals surface area contributed by atoms with Gasteiger partial charge in [-0.2, -0.15) is 0 Å². The molecule has 0 aromatic heterocycles. The fourth-order valence-corrected chi connectivity index (χ4v) is 2.91. The lowest BCUT2D eigenvalue weighted by Crippen LogP contribution is -2.44. The zero-order valence-corrected chi connectivity index (χ0v) is 10.4. The number of nitrogens with one attached hydrogen (secondary N) is 1. The molecule has 2 fully saturated rings. The Bertz CT molecular complexity index is 230. The van der Waals surface area contributed by atoms with Gasteiger partial charge in [-0.25, -0.2) is 0 Å². The summed E-state index contributed by atoms with van der Waals surface area (Å²) in [7, 11) is 0. The molecule has 2 aliphatic rings. The molecule has 1 N–H and O–H groups in total. The molecule has 2 aliphatic heterocycles. The lowest BCUT2D eigenvalue weighted by atomic mass is 9.92. The van der Waals surface area contributed by atoms with Gasteiger partial charge in [-0.15, -0.1) is 0 Å². The van der Waals surface area contributed by atoms with E-state index in [9.17, 15) is 4.79 Å². The molecule has 1 amide bonds. The Morgan fingerprint density at radius 2 is 1.88 bits per heavy atom. The second-order valence-electron chi connectivity index (χ2n) is 5.32. The summed E-state index contributed by atoms with van der Waals surface area (Å²) in [4.78, 5) is 14.5. The van der Waals surface area contributed by atoms with Crippen molar-refractivity contribution >= 4 is 5.91 Å². The van der Waals surface area contributed by atoms with Crippen LogP contribution in [0.3, 0.4) is 0 Å². The third kappa shape index (κ3) is 2.97. The first-order chi connectivity index (χ1) is 7.77. The van der Waals surface area contributed by atoms with E-state index in [2.05, 4.69) is 17.1 Å². The Morgan fingerprint density at radius 1 is 1.19 bits per heavy atom. The maximum atomic E-state index is 12.3. The third-order valence-corrected chi connectivity index (χ3v) is 3.89. The number of carbonyl (C=O) groups is 1. The van der Waals surface area contributed by atoms with E-state index < -0.39 is 0 Å². The molecular formula is C13H24N2O. The Labute approximate surface area is 98.6 Å². The van der Waals surface area contributed by atoms with Crippen LogP contribution in [0, 0.1) is 5.92 Å². The van der Waals surface area contributed by atoms with Gasteiger partial charge in [-0.05, 0) is 39.2 Å². The first-order valence-electron chi connectivity index (χ1n) is 6.79. The molecule has 0 aliphatic carbocycles. The van der Waals surface area contributed by atoms with Crippen molar-refractivity contribution in [1.82, 2.24) is 10.2 Å². The fraction of sp³-hybridized carbons (Fsp3) is 0.923. The van der Waals surface area contributed by atoms with E-state index in [4.69, 9.17) is 0 Å². The standard InChI is InChI=1S/C13H24N2O/c1-11-10-12(6-7-14-11)13(16)15-8-4-2-3-5-9-15/h11-12,14H,2-10H2,1H3. The van der Waals surface area contributed by atoms with Crippen LogP contribution in [0.1, 0.15) is 45.4 Å². The van der Waals surface area contributed by atoms with E-state index in [0.29, 0.717) is 11.9 Å². The molecule has 2 saturated heterocycles. The van der Waals surface area contributed by atoms with Gasteiger partial charge < -0.3 is 10.2 Å². The van der Waals surface area contributed by atoms with Gasteiger partial charge in [0.2, 0.25) is 5.91 Å². The largest absolute Gasteiger partial charge is 0.342 e. The van der Waals surface area contributed by atoms with Crippen molar-refractivity contribution in [2.75, 3.05) is 19.6 Å². The summed E-state index contributed by atoms with van der Waals surface area (Å²) in [6.07, 6.45) is 7.05. The van der Waals surface area contributed by atoms with Crippen molar-refractivity contribution in [3.8, 4) is 0 Å². The van der Waals surface area contributed by atoms with Crippen molar-refractivity contribution in [1.29, 1.82) is 0 Å². The molecule has 0 aromatic carbocycles. The molecule has 3 nitrogen and oxygen atoms in total. The highest BCUT2D eigenvalue weighted by atomic mass is 16.2. The molecule has 92 valence electrons. The minimum Gasteiger partial charge on any atom is -0.342 e. The maximum Gasteiger partial charge on any atom is 0.225 e. The molecule has 0 aromatic rings. The molecule has 2 atom stereocenters. The van der Waals surface area contributed by atoms with Crippen LogP contribution in [-0.4, -0.2) is 36.5 Å². The number of hydrogen-bond donors (Lipinski definition) is 1. The van der Waals surface area contributed by atoms with Crippen molar-refractivity contribution in [3.05, 3.63) is 0 Å². The number of rotatable bonds is 1. The molecule has 0 radical (unpaired) electrons. The summed E-state index contributed by atoms with van der Waals surface area (Å²) in [6, 6.07) is 0.509. The van der Waals surface area contributed by atoms with Gasteiger partial charge in [0.1, 0.15) is 0 Å². The Balaban J connectivity index is 1.89. The van der Waals surface area contributed by atoms with Crippen molar-refractivity contribution in [2.45, 2.75) is 51.5 Å². The number of carbonyl (C=O) groups excluding carboxylic acids is 1. The zero-order valence-electron chi connectivity index (χ0n) is 10.4. The second-order valence-corrected chi connectivity index (χ2v) is 5.32. The molecule has 0 spiro atoms. The van der Waals surface area contributed by atoms with Gasteiger partial charge in [0.15, 0.2) is 0 Å². The number of hydrogen-bond acceptors (Lipinski definition) is 2. The Morgan fingerprint density at radius 3 is 2.50 bits per heavy atom. The smallest absolute Gasteiger partial charge is 0.225 e. The average Bonchev–Trinajstić information content (AvgIpc) is 2.56. The second kappa shape index (κ2) is 5.67. The van der Waals surface area contributed by atoms with E-state index in [1.807, 2.05) is 0 Å². The fourth-order valence-electron chi connectivity index (χ4n) is 2.91. The van der Waals surface area contributed by atoms with Gasteiger partial charge >= 0.3 is 0 Å². The summed E-state index contributed by atoms with van der Waals surface area (Å²) in [5.41, 5.74) is 0. The minimum absolute atomic E-state index is 0.286. The van der Waals surface area contributed by atoms with Crippen LogP contribution in [0.2, 0.25) is 0 Å². The summed E-state index contributed by atoms with van der Waals surface area (Å²) in [5.74, 6) is 0.713. The summed E-state index contributed by atoms with van der Waals surface area (Å²) < 4.78 is 0. The summed E-state index contributed by atoms with van der Waals surface area (Å²) in [5, 5.41) is 3.41. The minimum atomic E-state index is 0.286. The Hall–Kier alpha value is -0.570. The lowest BCUT2D eigenvalue weighted by molar-refractivity contribution is -0.136. The lowest BCUT2D eigenvalue weighted by Gasteiger charge is -2.31. The predicted octanol–water partition coefficient (Wildman–Crippen LogP) is 1.78. The van der Waals surface area contributed by atoms with Crippen molar-refractivity contribution in [2.24, 2.45) is 5.92 Å². The van der Waals surface area contributed by atoms with Crippen LogP contribution in [0.4, 0.5) is 0 Å². The van der Waals surface area contributed by atoms with Gasteiger partial charge in [0, 0.05) is 25.0 Å². The third-order valence-electron chi connectivity index (χ3n) is 3.89. The van der Waals surface area contributed by atoms with Crippen LogP contribution in [0.5, 0.6) is 0 Å². The zero-order chi connectivity index (χ0) is 11.4. The van der Waals surface area contributed by atoms with Gasteiger partial charge in [0.05, 0.1) is 0 Å². The highest BCUT2D eigenvalue weighted by molar-refractivity contribution is 5.79. The molecule has 3 heteroatoms. The number of nitrogens with zero attached hydrogens (tertiary/aromatic N) is 1. The molecule has 2 unspecified atom stereocenters. The van der Waals surface area contributed by atoms with Crippen LogP contribution >= 0.6 is 0 Å². The van der Waals surface area contributed by atoms with Crippen LogP contribution in [0.15, 0.2) is 0 Å². The topological polar surface area (TPSA) is 32.3 Å². The molecule has 2 rings (SSSR count). The molecule has 2 heterocycles. The summed E-state index contributed by atoms with van der Waals surface area (Å²) >= 11 is 0. The van der Waals surface area contributed by atoms with Crippen molar-refractivity contribution < 1.29 is 4.79 Å². The van der Waals surface area contributed by atoms with Gasteiger partial charge in [-0.1, -0.05) is 12.8 Å². The quantitative estimate of drug-likeness (QED) is 0.736. The number of likely N-dealkylation sites (tertiary alicyclic amines) is 1. The highest BCUT2D eigenvalue weighted by Gasteiger charge is 2.28. The number of piperidine rings is 1. The molecule has 16 heavy (non-hydrogen) atoms. The molecule has 0 saturated carbocycles. The first-order valence-corrected chi connectivity index (χ1v) is 6.79. The van der Waals surface area contributed by atoms with E-state index in [1.54, 1.807) is 0 Å². The SMILES string of the molecule is CC1CC(C(=O)N2CCCCCC2)CCN1. The molecular weight excluding hydrogens is 200 g/mol. The van der Waals surface area contributed by atoms with Crippen LogP contribution in [0.25, 0.3) is 0 Å². The van der Waals surface area contributed by atoms with E-state index in [-0.39, 0.29) is 5.92 Å². The average molecular weight is 224 g/mol. The van der Waals surface area contributed by atoms with E-state index in [0.717, 1.165) is 32.5 Å². The normalized spacial score (nSPS) is 32.2. The van der Waals surface area contributed by atoms with Crippen LogP contribution < -0.4 is 5.32 Å². The van der Waals surface area contributed by atoms with E-state index in [1.165, 1.54) is 25.7 Å². The Kier molecular flexibility index (Phi) is 4.22. The van der Waals surface area contributed by atoms with Crippen molar-refractivity contribution in [3.63, 3.8) is 0 Å². The first kappa shape index (κ1) is 11.9. The van der Waals surface area contributed by atoms with Crippen LogP contribution in [-0.2, 0) is 4.79 Å². The highest BCUT2D eigenvalue weighted by Crippen LogP contribution is 2.20. The monoisotopic (exact) mass is 224 g/mol. The summed E-state index contributed by atoms with van der Waals surface area (Å²) in [6.45, 7) is 5.18. The van der Waals surface area contributed by atoms with Gasteiger partial charge in [0.25, 0.3) is 0 Å². The number of amides is 1. The predicted molar refractivity (Wildman–Crippen MR) is 65.2 cm³/mol. The molecule has 0 bridgehead atoms. The van der Waals surface area contributed by atoms with E-state index >= 15 is 0 Å².